The van der Waals surface area contributed by atoms with Gasteiger partial charge in [0.2, 0.25) is 5.91 Å². The monoisotopic (exact) mass is 591 g/mol. The van der Waals surface area contributed by atoms with Crippen molar-refractivity contribution in [1.82, 2.24) is 9.78 Å². The number of nitrogens with zero attached hydrogens (tertiary/aromatic N) is 3. The molecule has 0 atom stereocenters. The number of benzene rings is 1. The normalized spacial score (nSPS) is 12.8. The lowest BCUT2D eigenvalue weighted by Crippen LogP contribution is -2.57. The van der Waals surface area contributed by atoms with Gasteiger partial charge in [0.25, 0.3) is 5.91 Å². The summed E-state index contributed by atoms with van der Waals surface area (Å²) in [5.74, 6) is -5.79. The molecule has 0 saturated carbocycles. The van der Waals surface area contributed by atoms with Crippen molar-refractivity contribution in [1.29, 1.82) is 0 Å². The lowest BCUT2D eigenvalue weighted by Gasteiger charge is -2.39. The van der Waals surface area contributed by atoms with E-state index in [-0.39, 0.29) is 23.4 Å². The number of aromatic nitrogens is 2. The van der Waals surface area contributed by atoms with Crippen LogP contribution < -0.4 is 4.90 Å². The third-order valence-electron chi connectivity index (χ3n) is 6.52. The first-order chi connectivity index (χ1) is 18.6. The molecule has 0 fully saturated rings. The van der Waals surface area contributed by atoms with Gasteiger partial charge in [-0.05, 0) is 43.9 Å². The van der Waals surface area contributed by atoms with Crippen molar-refractivity contribution >= 4 is 23.5 Å². The molecule has 0 aliphatic heterocycles. The van der Waals surface area contributed by atoms with Crippen LogP contribution in [0.2, 0.25) is 0 Å². The Morgan fingerprint density at radius 1 is 0.927 bits per heavy atom. The average Bonchev–Trinajstić information content (AvgIpc) is 3.06. The van der Waals surface area contributed by atoms with Crippen LogP contribution >= 0.6 is 0 Å². The number of amides is 2. The summed E-state index contributed by atoms with van der Waals surface area (Å²) in [4.78, 5) is 40.0. The number of alkyl halides is 6. The number of carbonyl (C=O) groups is 3. The van der Waals surface area contributed by atoms with Crippen molar-refractivity contribution in [3.05, 3.63) is 46.3 Å². The molecule has 0 bridgehead atoms. The fraction of sp³-hybridized carbons (Fsp3) is 0.571. The zero-order valence-corrected chi connectivity index (χ0v) is 24.4. The Labute approximate surface area is 234 Å². The Kier molecular flexibility index (Phi) is 9.78. The van der Waals surface area contributed by atoms with Crippen LogP contribution in [-0.2, 0) is 33.4 Å². The summed E-state index contributed by atoms with van der Waals surface area (Å²) in [5, 5.41) is 4.17. The standard InChI is InChI=1S/C28H35F6N3O4/c1-14(2)12-19-13-20(37(23(38)15(3)4)24(39)22-17(7)35-36(9)18(22)8)10-11-21(19)26(27(29,30)31,28(32,33)34)41-25(40)16(5)6/h10-11,13-16H,12H2,1-9H3. The molecule has 41 heavy (non-hydrogen) atoms. The Morgan fingerprint density at radius 2 is 1.46 bits per heavy atom. The van der Waals surface area contributed by atoms with Crippen LogP contribution in [0.3, 0.4) is 0 Å². The van der Waals surface area contributed by atoms with Crippen LogP contribution in [0.1, 0.15) is 74.4 Å². The fourth-order valence-corrected chi connectivity index (χ4v) is 4.37. The van der Waals surface area contributed by atoms with Gasteiger partial charge in [-0.2, -0.15) is 31.4 Å². The lowest BCUT2D eigenvalue weighted by molar-refractivity contribution is -0.378. The number of rotatable bonds is 8. The molecule has 7 nitrogen and oxygen atoms in total. The number of anilines is 1. The first-order valence-corrected chi connectivity index (χ1v) is 13.0. The molecule has 13 heteroatoms. The quantitative estimate of drug-likeness (QED) is 0.256. The molecule has 0 spiro atoms. The smallest absolute Gasteiger partial charge is 0.434 e. The molecule has 1 aromatic heterocycles. The van der Waals surface area contributed by atoms with Gasteiger partial charge in [-0.1, -0.05) is 47.6 Å². The van der Waals surface area contributed by atoms with E-state index in [0.29, 0.717) is 11.8 Å². The van der Waals surface area contributed by atoms with Crippen LogP contribution in [-0.4, -0.2) is 39.9 Å². The maximum atomic E-state index is 14.5. The van der Waals surface area contributed by atoms with Crippen molar-refractivity contribution in [2.75, 3.05) is 4.90 Å². The summed E-state index contributed by atoms with van der Waals surface area (Å²) < 4.78 is 92.8. The van der Waals surface area contributed by atoms with Gasteiger partial charge in [-0.25, -0.2) is 4.90 Å². The number of carbonyl (C=O) groups excluding carboxylic acids is 3. The van der Waals surface area contributed by atoms with Gasteiger partial charge in [0, 0.05) is 24.2 Å². The van der Waals surface area contributed by atoms with E-state index in [4.69, 9.17) is 0 Å². The minimum atomic E-state index is -6.10. The molecular weight excluding hydrogens is 556 g/mol. The Bertz CT molecular complexity index is 1300. The molecule has 0 aliphatic rings. The minimum Gasteiger partial charge on any atom is -0.434 e. The molecule has 2 aromatic rings. The highest BCUT2D eigenvalue weighted by Gasteiger charge is 2.76. The number of esters is 1. The van der Waals surface area contributed by atoms with E-state index in [0.717, 1.165) is 30.9 Å². The first kappa shape index (κ1) is 33.8. The van der Waals surface area contributed by atoms with E-state index in [1.54, 1.807) is 27.8 Å². The Balaban J connectivity index is 2.97. The van der Waals surface area contributed by atoms with Gasteiger partial charge < -0.3 is 4.74 Å². The van der Waals surface area contributed by atoms with Gasteiger partial charge in [0.1, 0.15) is 0 Å². The summed E-state index contributed by atoms with van der Waals surface area (Å²) in [5.41, 5.74) is -6.30. The third-order valence-corrected chi connectivity index (χ3v) is 6.52. The summed E-state index contributed by atoms with van der Waals surface area (Å²) >= 11 is 0. The number of hydrogen-bond donors (Lipinski definition) is 0. The molecule has 1 heterocycles. The summed E-state index contributed by atoms with van der Waals surface area (Å²) in [7, 11) is 1.58. The van der Waals surface area contributed by atoms with Gasteiger partial charge in [-0.3, -0.25) is 19.1 Å². The molecule has 2 rings (SSSR count). The summed E-state index contributed by atoms with van der Waals surface area (Å²) in [6, 6.07) is 2.30. The highest BCUT2D eigenvalue weighted by atomic mass is 19.4. The molecule has 0 radical (unpaired) electrons. The second-order valence-electron chi connectivity index (χ2n) is 11.0. The number of hydrogen-bond acceptors (Lipinski definition) is 5. The Morgan fingerprint density at radius 3 is 1.85 bits per heavy atom. The predicted molar refractivity (Wildman–Crippen MR) is 139 cm³/mol. The van der Waals surface area contributed by atoms with Crippen LogP contribution in [0.5, 0.6) is 0 Å². The van der Waals surface area contributed by atoms with Crippen molar-refractivity contribution in [2.45, 2.75) is 79.8 Å². The zero-order valence-electron chi connectivity index (χ0n) is 24.4. The van der Waals surface area contributed by atoms with Crippen LogP contribution in [0, 0.1) is 31.6 Å². The number of aryl methyl sites for hydroxylation is 2. The lowest BCUT2D eigenvalue weighted by atomic mass is 9.84. The maximum Gasteiger partial charge on any atom is 0.442 e. The van der Waals surface area contributed by atoms with E-state index in [1.807, 2.05) is 0 Å². The average molecular weight is 592 g/mol. The second kappa shape index (κ2) is 11.8. The van der Waals surface area contributed by atoms with E-state index in [9.17, 15) is 40.7 Å². The highest BCUT2D eigenvalue weighted by Crippen LogP contribution is 2.54. The molecule has 0 saturated heterocycles. The van der Waals surface area contributed by atoms with Crippen molar-refractivity contribution in [3.63, 3.8) is 0 Å². The van der Waals surface area contributed by atoms with Crippen molar-refractivity contribution in [3.8, 4) is 0 Å². The molecule has 0 N–H and O–H groups in total. The van der Waals surface area contributed by atoms with Crippen LogP contribution in [0.15, 0.2) is 18.2 Å². The van der Waals surface area contributed by atoms with E-state index >= 15 is 0 Å². The largest absolute Gasteiger partial charge is 0.442 e. The molecule has 228 valence electrons. The first-order valence-electron chi connectivity index (χ1n) is 13.0. The number of ether oxygens (including phenoxy) is 1. The molecular formula is C28H35F6N3O4. The van der Waals surface area contributed by atoms with Crippen molar-refractivity contribution < 1.29 is 45.5 Å². The maximum absolute atomic E-state index is 14.5. The SMILES string of the molecule is Cc1nn(C)c(C)c1C(=O)N(C(=O)C(C)C)c1ccc(C(OC(=O)C(C)C)(C(F)(F)F)C(F)(F)F)c(CC(C)C)c1. The third kappa shape index (κ3) is 6.43. The topological polar surface area (TPSA) is 81.5 Å². The van der Waals surface area contributed by atoms with Gasteiger partial charge in [0.05, 0.1) is 22.9 Å². The van der Waals surface area contributed by atoms with E-state index < -0.39 is 64.6 Å². The molecule has 1 aromatic carbocycles. The minimum absolute atomic E-state index is 0.0711. The molecule has 0 unspecified atom stereocenters. The molecule has 0 aliphatic carbocycles. The highest BCUT2D eigenvalue weighted by molar-refractivity contribution is 6.22. The summed E-state index contributed by atoms with van der Waals surface area (Å²) in [6.45, 7) is 11.5. The zero-order chi connectivity index (χ0) is 31.8. The summed E-state index contributed by atoms with van der Waals surface area (Å²) in [6.07, 6.45) is -12.5. The van der Waals surface area contributed by atoms with E-state index in [1.165, 1.54) is 25.5 Å². The van der Waals surface area contributed by atoms with Crippen LogP contribution in [0.25, 0.3) is 0 Å². The van der Waals surface area contributed by atoms with Gasteiger partial charge >= 0.3 is 23.9 Å². The molecule has 2 amide bonds. The fourth-order valence-electron chi connectivity index (χ4n) is 4.37. The predicted octanol–water partition coefficient (Wildman–Crippen LogP) is 6.58. The Hall–Kier alpha value is -3.38. The van der Waals surface area contributed by atoms with E-state index in [2.05, 4.69) is 9.84 Å². The number of imide groups is 1. The van der Waals surface area contributed by atoms with Crippen LogP contribution in [0.4, 0.5) is 32.0 Å². The number of halogens is 6. The van der Waals surface area contributed by atoms with Gasteiger partial charge in [0.15, 0.2) is 0 Å². The second-order valence-corrected chi connectivity index (χ2v) is 11.0. The van der Waals surface area contributed by atoms with Gasteiger partial charge in [-0.15, -0.1) is 0 Å². The van der Waals surface area contributed by atoms with Crippen molar-refractivity contribution in [2.24, 2.45) is 24.8 Å².